The fraction of sp³-hybridized carbons (Fsp3) is 0.200. The molecule has 0 spiro atoms. The number of H-pyrrole nitrogens is 1. The van der Waals surface area contributed by atoms with Gasteiger partial charge in [0, 0.05) is 35.0 Å². The van der Waals surface area contributed by atoms with Gasteiger partial charge in [0.25, 0.3) is 5.56 Å². The van der Waals surface area contributed by atoms with E-state index in [1.807, 2.05) is 44.2 Å². The van der Waals surface area contributed by atoms with Gasteiger partial charge in [-0.1, -0.05) is 23.9 Å². The SMILES string of the molecule is COc1ccc(-c2c(C)[nH]n3c(=O)cc(CSc4nccc(C)n4)nc23)cc1. The van der Waals surface area contributed by atoms with E-state index >= 15 is 0 Å². The highest BCUT2D eigenvalue weighted by Crippen LogP contribution is 2.28. The number of ether oxygens (including phenoxy) is 1. The van der Waals surface area contributed by atoms with Gasteiger partial charge in [0.15, 0.2) is 10.8 Å². The van der Waals surface area contributed by atoms with E-state index in [4.69, 9.17) is 9.72 Å². The second-order valence-electron chi connectivity index (χ2n) is 6.35. The van der Waals surface area contributed by atoms with Gasteiger partial charge < -0.3 is 4.74 Å². The van der Waals surface area contributed by atoms with Crippen LogP contribution < -0.4 is 10.3 Å². The third kappa shape index (κ3) is 3.50. The molecule has 4 aromatic rings. The molecular weight excluding hydrogens is 374 g/mol. The largest absolute Gasteiger partial charge is 0.497 e. The zero-order valence-electron chi connectivity index (χ0n) is 15.8. The lowest BCUT2D eigenvalue weighted by molar-refractivity contribution is 0.415. The van der Waals surface area contributed by atoms with E-state index in [9.17, 15) is 4.79 Å². The van der Waals surface area contributed by atoms with Crippen molar-refractivity contribution in [2.45, 2.75) is 24.8 Å². The Morgan fingerprint density at radius 1 is 1.14 bits per heavy atom. The lowest BCUT2D eigenvalue weighted by Gasteiger charge is -2.05. The Labute approximate surface area is 165 Å². The normalized spacial score (nSPS) is 11.1. The Balaban J connectivity index is 1.73. The number of rotatable bonds is 5. The fourth-order valence-electron chi connectivity index (χ4n) is 3.01. The molecule has 28 heavy (non-hydrogen) atoms. The molecule has 0 saturated heterocycles. The summed E-state index contributed by atoms with van der Waals surface area (Å²) in [5.74, 6) is 1.29. The van der Waals surface area contributed by atoms with Crippen LogP contribution in [0.3, 0.4) is 0 Å². The van der Waals surface area contributed by atoms with Crippen LogP contribution in [0.4, 0.5) is 0 Å². The van der Waals surface area contributed by atoms with Crippen molar-refractivity contribution in [3.8, 4) is 16.9 Å². The van der Waals surface area contributed by atoms with Crippen LogP contribution in [0.25, 0.3) is 16.8 Å². The van der Waals surface area contributed by atoms with Gasteiger partial charge in [0.2, 0.25) is 0 Å². The highest BCUT2D eigenvalue weighted by atomic mass is 32.2. The number of methoxy groups -OCH3 is 1. The number of aromatic amines is 1. The third-order valence-electron chi connectivity index (χ3n) is 4.35. The molecular formula is C20H19N5O2S. The molecule has 0 atom stereocenters. The molecule has 1 aromatic carbocycles. The summed E-state index contributed by atoms with van der Waals surface area (Å²) in [5.41, 5.74) is 4.80. The van der Waals surface area contributed by atoms with Gasteiger partial charge >= 0.3 is 0 Å². The minimum absolute atomic E-state index is 0.145. The van der Waals surface area contributed by atoms with Crippen LogP contribution in [0.1, 0.15) is 17.1 Å². The highest BCUT2D eigenvalue weighted by Gasteiger charge is 2.15. The summed E-state index contributed by atoms with van der Waals surface area (Å²) in [6.45, 7) is 3.86. The standard InChI is InChI=1S/C20H19N5O2S/c1-12-8-9-21-20(22-12)28-11-15-10-17(26)25-19(23-15)18(13(2)24-25)14-4-6-16(27-3)7-5-14/h4-10,24H,11H2,1-3H3. The molecule has 0 amide bonds. The Hall–Kier alpha value is -3.13. The second-order valence-corrected chi connectivity index (χ2v) is 7.30. The zero-order chi connectivity index (χ0) is 19.7. The van der Waals surface area contributed by atoms with Gasteiger partial charge in [-0.15, -0.1) is 0 Å². The minimum atomic E-state index is -0.145. The summed E-state index contributed by atoms with van der Waals surface area (Å²) in [5, 5.41) is 3.78. The molecule has 1 N–H and O–H groups in total. The van der Waals surface area contributed by atoms with E-state index in [0.29, 0.717) is 22.3 Å². The maximum Gasteiger partial charge on any atom is 0.272 e. The van der Waals surface area contributed by atoms with Crippen molar-refractivity contribution in [2.75, 3.05) is 7.11 Å². The van der Waals surface area contributed by atoms with Crippen molar-refractivity contribution in [3.05, 3.63) is 70.0 Å². The Morgan fingerprint density at radius 3 is 2.64 bits per heavy atom. The van der Waals surface area contributed by atoms with Gasteiger partial charge in [-0.05, 0) is 37.6 Å². The molecule has 0 aliphatic rings. The molecule has 0 fully saturated rings. The molecule has 7 nitrogen and oxygen atoms in total. The number of thioether (sulfide) groups is 1. The molecule has 0 unspecified atom stereocenters. The predicted molar refractivity (Wildman–Crippen MR) is 109 cm³/mol. The summed E-state index contributed by atoms with van der Waals surface area (Å²) in [6.07, 6.45) is 1.73. The summed E-state index contributed by atoms with van der Waals surface area (Å²) in [7, 11) is 1.63. The molecule has 3 heterocycles. The van der Waals surface area contributed by atoms with Gasteiger partial charge in [-0.25, -0.2) is 19.5 Å². The first-order chi connectivity index (χ1) is 13.5. The molecule has 0 aliphatic carbocycles. The molecule has 0 aliphatic heterocycles. The number of nitrogens with zero attached hydrogens (tertiary/aromatic N) is 4. The number of hydrogen-bond donors (Lipinski definition) is 1. The third-order valence-corrected chi connectivity index (χ3v) is 5.25. The first-order valence-electron chi connectivity index (χ1n) is 8.73. The van der Waals surface area contributed by atoms with Crippen molar-refractivity contribution < 1.29 is 4.74 Å². The van der Waals surface area contributed by atoms with Gasteiger partial charge in [0.05, 0.1) is 12.8 Å². The molecule has 0 saturated carbocycles. The van der Waals surface area contributed by atoms with Gasteiger partial charge in [-0.2, -0.15) is 0 Å². The monoisotopic (exact) mass is 393 g/mol. The summed E-state index contributed by atoms with van der Waals surface area (Å²) in [4.78, 5) is 26.0. The van der Waals surface area contributed by atoms with Crippen molar-refractivity contribution >= 4 is 17.4 Å². The summed E-state index contributed by atoms with van der Waals surface area (Å²) >= 11 is 1.46. The van der Waals surface area contributed by atoms with E-state index < -0.39 is 0 Å². The quantitative estimate of drug-likeness (QED) is 0.413. The van der Waals surface area contributed by atoms with Crippen LogP contribution in [0.2, 0.25) is 0 Å². The lowest BCUT2D eigenvalue weighted by Crippen LogP contribution is -2.15. The van der Waals surface area contributed by atoms with Crippen molar-refractivity contribution in [3.63, 3.8) is 0 Å². The number of hydrogen-bond acceptors (Lipinski definition) is 6. The first-order valence-corrected chi connectivity index (χ1v) is 9.72. The lowest BCUT2D eigenvalue weighted by atomic mass is 10.1. The number of aryl methyl sites for hydroxylation is 2. The maximum absolute atomic E-state index is 12.6. The van der Waals surface area contributed by atoms with Crippen molar-refractivity contribution in [2.24, 2.45) is 0 Å². The van der Waals surface area contributed by atoms with Crippen molar-refractivity contribution in [1.29, 1.82) is 0 Å². The zero-order valence-corrected chi connectivity index (χ0v) is 16.6. The number of benzene rings is 1. The predicted octanol–water partition coefficient (Wildman–Crippen LogP) is 3.40. The molecule has 0 bridgehead atoms. The van der Waals surface area contributed by atoms with Crippen LogP contribution in [-0.2, 0) is 5.75 Å². The Kier molecular flexibility index (Phi) is 4.87. The van der Waals surface area contributed by atoms with Crippen LogP contribution in [0.5, 0.6) is 5.75 Å². The summed E-state index contributed by atoms with van der Waals surface area (Å²) < 4.78 is 6.71. The number of aromatic nitrogens is 5. The topological polar surface area (TPSA) is 85.2 Å². The summed E-state index contributed by atoms with van der Waals surface area (Å²) in [6, 6.07) is 11.1. The molecule has 4 rings (SSSR count). The highest BCUT2D eigenvalue weighted by molar-refractivity contribution is 7.98. The van der Waals surface area contributed by atoms with E-state index in [1.54, 1.807) is 19.4 Å². The Bertz CT molecular complexity index is 1200. The molecule has 0 radical (unpaired) electrons. The fourth-order valence-corrected chi connectivity index (χ4v) is 3.78. The van der Waals surface area contributed by atoms with E-state index in [0.717, 1.165) is 28.3 Å². The van der Waals surface area contributed by atoms with E-state index in [2.05, 4.69) is 15.1 Å². The van der Waals surface area contributed by atoms with Gasteiger partial charge in [0.1, 0.15) is 5.75 Å². The van der Waals surface area contributed by atoms with Crippen LogP contribution in [0, 0.1) is 13.8 Å². The van der Waals surface area contributed by atoms with E-state index in [1.165, 1.54) is 16.3 Å². The van der Waals surface area contributed by atoms with Gasteiger partial charge in [-0.3, -0.25) is 9.89 Å². The molecule has 3 aromatic heterocycles. The number of fused-ring (bicyclic) bond motifs is 1. The average molecular weight is 393 g/mol. The average Bonchev–Trinajstić information content (AvgIpc) is 3.03. The first kappa shape index (κ1) is 18.2. The van der Waals surface area contributed by atoms with Crippen LogP contribution in [0.15, 0.2) is 52.5 Å². The van der Waals surface area contributed by atoms with Crippen molar-refractivity contribution in [1.82, 2.24) is 24.6 Å². The Morgan fingerprint density at radius 2 is 1.93 bits per heavy atom. The number of nitrogens with one attached hydrogen (secondary N) is 1. The van der Waals surface area contributed by atoms with Crippen LogP contribution in [-0.4, -0.2) is 31.7 Å². The second kappa shape index (κ2) is 7.47. The molecule has 8 heteroatoms. The smallest absolute Gasteiger partial charge is 0.272 e. The van der Waals surface area contributed by atoms with E-state index in [-0.39, 0.29) is 5.56 Å². The maximum atomic E-state index is 12.6. The van der Waals surface area contributed by atoms with Crippen LogP contribution >= 0.6 is 11.8 Å². The molecule has 142 valence electrons. The minimum Gasteiger partial charge on any atom is -0.497 e.